The van der Waals surface area contributed by atoms with Gasteiger partial charge in [-0.25, -0.2) is 0 Å². The van der Waals surface area contributed by atoms with Crippen LogP contribution in [0.4, 0.5) is 0 Å². The molecule has 2 aliphatic carbocycles. The van der Waals surface area contributed by atoms with Gasteiger partial charge in [0, 0.05) is 31.0 Å². The molecule has 0 amide bonds. The summed E-state index contributed by atoms with van der Waals surface area (Å²) in [6.07, 6.45) is 9.61. The first-order valence-corrected chi connectivity index (χ1v) is 8.85. The maximum Gasteiger partial charge on any atom is 0.137 e. The van der Waals surface area contributed by atoms with Crippen LogP contribution in [0.15, 0.2) is 0 Å². The molecule has 2 fully saturated rings. The van der Waals surface area contributed by atoms with Gasteiger partial charge in [-0.1, -0.05) is 19.8 Å². The van der Waals surface area contributed by atoms with Gasteiger partial charge in [-0.3, -0.25) is 4.79 Å². The molecule has 0 spiro atoms. The SMILES string of the molecule is CCCC1CCC(=O)C(CN(C)CC2(N(C)C)CCC2)C1. The molecule has 0 aliphatic heterocycles. The molecule has 0 aromatic rings. The number of carbonyl (C=O) groups excluding carboxylic acids is 1. The van der Waals surface area contributed by atoms with E-state index in [2.05, 4.69) is 37.9 Å². The van der Waals surface area contributed by atoms with Crippen LogP contribution in [0.25, 0.3) is 0 Å². The second-order valence-electron chi connectivity index (χ2n) is 7.76. The van der Waals surface area contributed by atoms with Crippen LogP contribution in [-0.4, -0.2) is 55.4 Å². The summed E-state index contributed by atoms with van der Waals surface area (Å²) in [5.74, 6) is 1.60. The molecule has 3 nitrogen and oxygen atoms in total. The Balaban J connectivity index is 1.86. The van der Waals surface area contributed by atoms with Crippen LogP contribution in [0.2, 0.25) is 0 Å². The van der Waals surface area contributed by atoms with E-state index in [1.54, 1.807) is 0 Å². The molecule has 2 unspecified atom stereocenters. The van der Waals surface area contributed by atoms with Gasteiger partial charge in [0.05, 0.1) is 0 Å². The van der Waals surface area contributed by atoms with E-state index < -0.39 is 0 Å². The lowest BCUT2D eigenvalue weighted by Gasteiger charge is -2.49. The van der Waals surface area contributed by atoms with E-state index in [0.29, 0.717) is 17.2 Å². The smallest absolute Gasteiger partial charge is 0.137 e. The molecule has 2 rings (SSSR count). The Kier molecular flexibility index (Phi) is 5.84. The maximum absolute atomic E-state index is 12.2. The standard InChI is InChI=1S/C18H34N2O/c1-5-7-15-8-9-17(21)16(12-15)13-20(4)14-18(19(2)3)10-6-11-18/h15-16H,5-14H2,1-4H3. The quantitative estimate of drug-likeness (QED) is 0.720. The van der Waals surface area contributed by atoms with Crippen LogP contribution in [0.3, 0.4) is 0 Å². The highest BCUT2D eigenvalue weighted by molar-refractivity contribution is 5.81. The van der Waals surface area contributed by atoms with Crippen LogP contribution < -0.4 is 0 Å². The summed E-state index contributed by atoms with van der Waals surface area (Å²) in [6, 6.07) is 0. The monoisotopic (exact) mass is 294 g/mol. The Morgan fingerprint density at radius 3 is 2.48 bits per heavy atom. The van der Waals surface area contributed by atoms with Gasteiger partial charge < -0.3 is 9.80 Å². The normalized spacial score (nSPS) is 29.0. The summed E-state index contributed by atoms with van der Waals surface area (Å²) < 4.78 is 0. The number of rotatable bonds is 7. The van der Waals surface area contributed by atoms with Gasteiger partial charge in [0.1, 0.15) is 5.78 Å². The van der Waals surface area contributed by atoms with Crippen LogP contribution in [0, 0.1) is 11.8 Å². The van der Waals surface area contributed by atoms with Crippen molar-refractivity contribution in [1.29, 1.82) is 0 Å². The Morgan fingerprint density at radius 2 is 1.95 bits per heavy atom. The second kappa shape index (κ2) is 7.23. The Hall–Kier alpha value is -0.410. The number of nitrogens with zero attached hydrogens (tertiary/aromatic N) is 2. The van der Waals surface area contributed by atoms with Crippen molar-refractivity contribution in [2.24, 2.45) is 11.8 Å². The lowest BCUT2D eigenvalue weighted by Crippen LogP contribution is -2.57. The lowest BCUT2D eigenvalue weighted by atomic mass is 9.74. The van der Waals surface area contributed by atoms with Gasteiger partial charge in [0.25, 0.3) is 0 Å². The minimum atomic E-state index is 0.291. The van der Waals surface area contributed by atoms with E-state index in [1.165, 1.54) is 32.1 Å². The van der Waals surface area contributed by atoms with Gasteiger partial charge in [-0.05, 0) is 59.2 Å². The van der Waals surface area contributed by atoms with Crippen molar-refractivity contribution in [2.45, 2.75) is 63.8 Å². The van der Waals surface area contributed by atoms with E-state index in [-0.39, 0.29) is 0 Å². The molecule has 2 aliphatic rings. The van der Waals surface area contributed by atoms with Crippen molar-refractivity contribution in [3.63, 3.8) is 0 Å². The van der Waals surface area contributed by atoms with Crippen molar-refractivity contribution in [2.75, 3.05) is 34.2 Å². The Morgan fingerprint density at radius 1 is 1.24 bits per heavy atom. The molecule has 122 valence electrons. The molecule has 0 radical (unpaired) electrons. The topological polar surface area (TPSA) is 23.6 Å². The fourth-order valence-corrected chi connectivity index (χ4v) is 4.32. The van der Waals surface area contributed by atoms with Crippen molar-refractivity contribution in [1.82, 2.24) is 9.80 Å². The number of likely N-dealkylation sites (N-methyl/N-ethyl adjacent to an activating group) is 2. The minimum Gasteiger partial charge on any atom is -0.304 e. The number of carbonyl (C=O) groups is 1. The average molecular weight is 294 g/mol. The van der Waals surface area contributed by atoms with Crippen LogP contribution in [-0.2, 0) is 4.79 Å². The third-order valence-electron chi connectivity index (χ3n) is 5.90. The van der Waals surface area contributed by atoms with E-state index in [9.17, 15) is 4.79 Å². The number of hydrogen-bond acceptors (Lipinski definition) is 3. The molecule has 0 saturated heterocycles. The molecule has 21 heavy (non-hydrogen) atoms. The second-order valence-corrected chi connectivity index (χ2v) is 7.76. The zero-order valence-corrected chi connectivity index (χ0v) is 14.5. The van der Waals surface area contributed by atoms with Crippen molar-refractivity contribution in [3.05, 3.63) is 0 Å². The fourth-order valence-electron chi connectivity index (χ4n) is 4.32. The molecule has 0 N–H and O–H groups in total. The largest absolute Gasteiger partial charge is 0.304 e. The summed E-state index contributed by atoms with van der Waals surface area (Å²) in [5.41, 5.74) is 0.370. The van der Waals surface area contributed by atoms with Gasteiger partial charge in [0.2, 0.25) is 0 Å². The Bertz CT molecular complexity index is 349. The molecule has 0 aromatic carbocycles. The van der Waals surface area contributed by atoms with Crippen molar-refractivity contribution in [3.8, 4) is 0 Å². The first kappa shape index (κ1) is 17.0. The number of hydrogen-bond donors (Lipinski definition) is 0. The molecular formula is C18H34N2O. The van der Waals surface area contributed by atoms with E-state index >= 15 is 0 Å². The highest BCUT2D eigenvalue weighted by atomic mass is 16.1. The van der Waals surface area contributed by atoms with E-state index in [4.69, 9.17) is 0 Å². The number of ketones is 1. The zero-order chi connectivity index (χ0) is 15.5. The summed E-state index contributed by atoms with van der Waals surface area (Å²) in [6.45, 7) is 4.34. The zero-order valence-electron chi connectivity index (χ0n) is 14.5. The van der Waals surface area contributed by atoms with Gasteiger partial charge in [-0.15, -0.1) is 0 Å². The number of Topliss-reactive ketones (excluding diaryl/α,β-unsaturated/α-hetero) is 1. The fraction of sp³-hybridized carbons (Fsp3) is 0.944. The average Bonchev–Trinajstić information content (AvgIpc) is 2.38. The third kappa shape index (κ3) is 4.07. The van der Waals surface area contributed by atoms with Crippen LogP contribution in [0.1, 0.15) is 58.3 Å². The minimum absolute atomic E-state index is 0.291. The van der Waals surface area contributed by atoms with Crippen LogP contribution in [0.5, 0.6) is 0 Å². The molecule has 0 aromatic heterocycles. The first-order chi connectivity index (χ1) is 9.97. The van der Waals surface area contributed by atoms with Crippen LogP contribution >= 0.6 is 0 Å². The molecule has 2 atom stereocenters. The summed E-state index contributed by atoms with van der Waals surface area (Å²) in [4.78, 5) is 17.1. The highest BCUT2D eigenvalue weighted by Crippen LogP contribution is 2.37. The van der Waals surface area contributed by atoms with E-state index in [1.807, 2.05) is 0 Å². The molecular weight excluding hydrogens is 260 g/mol. The van der Waals surface area contributed by atoms with Gasteiger partial charge in [0.15, 0.2) is 0 Å². The maximum atomic E-state index is 12.2. The summed E-state index contributed by atoms with van der Waals surface area (Å²) in [7, 11) is 6.62. The molecule has 0 bridgehead atoms. The van der Waals surface area contributed by atoms with Gasteiger partial charge in [-0.2, -0.15) is 0 Å². The molecule has 2 saturated carbocycles. The Labute approximate surface area is 131 Å². The van der Waals surface area contributed by atoms with Crippen molar-refractivity contribution < 1.29 is 4.79 Å². The van der Waals surface area contributed by atoms with Gasteiger partial charge >= 0.3 is 0 Å². The molecule has 3 heteroatoms. The lowest BCUT2D eigenvalue weighted by molar-refractivity contribution is -0.126. The van der Waals surface area contributed by atoms with Crippen molar-refractivity contribution >= 4 is 5.78 Å². The predicted molar refractivity (Wildman–Crippen MR) is 88.5 cm³/mol. The summed E-state index contributed by atoms with van der Waals surface area (Å²) >= 11 is 0. The predicted octanol–water partition coefficient (Wildman–Crippen LogP) is 3.19. The first-order valence-electron chi connectivity index (χ1n) is 8.85. The molecule has 0 heterocycles. The third-order valence-corrected chi connectivity index (χ3v) is 5.90. The van der Waals surface area contributed by atoms with E-state index in [0.717, 1.165) is 38.3 Å². The summed E-state index contributed by atoms with van der Waals surface area (Å²) in [5, 5.41) is 0. The highest BCUT2D eigenvalue weighted by Gasteiger charge is 2.40.